The molecule has 6 heteroatoms. The van der Waals surface area contributed by atoms with Crippen molar-refractivity contribution in [2.24, 2.45) is 5.92 Å². The zero-order valence-corrected chi connectivity index (χ0v) is 16.4. The monoisotopic (exact) mass is 404 g/mol. The van der Waals surface area contributed by atoms with Gasteiger partial charge in [0.05, 0.1) is 25.4 Å². The van der Waals surface area contributed by atoms with Crippen molar-refractivity contribution in [3.05, 3.63) is 70.0 Å². The fraction of sp³-hybridized carbons (Fsp3) is 0.391. The van der Waals surface area contributed by atoms with Gasteiger partial charge < -0.3 is 14.2 Å². The molecule has 2 aromatic carbocycles. The molecule has 0 N–H and O–H groups in total. The Morgan fingerprint density at radius 2 is 1.69 bits per heavy atom. The Hall–Kier alpha value is -2.33. The number of hydrogen-bond acceptors (Lipinski definition) is 3. The fourth-order valence-electron chi connectivity index (χ4n) is 3.19. The van der Waals surface area contributed by atoms with Crippen LogP contribution in [-0.4, -0.2) is 20.3 Å². The van der Waals surface area contributed by atoms with Gasteiger partial charge in [-0.15, -0.1) is 0 Å². The van der Waals surface area contributed by atoms with Crippen LogP contribution in [0.25, 0.3) is 0 Å². The van der Waals surface area contributed by atoms with Gasteiger partial charge in [0, 0.05) is 29.7 Å². The molecule has 1 saturated heterocycles. The molecule has 2 aromatic rings. The molecule has 0 spiro atoms. The predicted molar refractivity (Wildman–Crippen MR) is 102 cm³/mol. The van der Waals surface area contributed by atoms with Gasteiger partial charge in [-0.05, 0) is 30.7 Å². The highest BCUT2D eigenvalue weighted by Gasteiger charge is 2.25. The van der Waals surface area contributed by atoms with Crippen molar-refractivity contribution in [2.75, 3.05) is 20.3 Å². The van der Waals surface area contributed by atoms with Crippen molar-refractivity contribution >= 4 is 0 Å². The van der Waals surface area contributed by atoms with Crippen molar-refractivity contribution in [3.63, 3.8) is 0 Å². The Kier molecular flexibility index (Phi) is 7.32. The molecule has 0 bridgehead atoms. The first-order valence-electron chi connectivity index (χ1n) is 9.53. The second kappa shape index (κ2) is 9.93. The van der Waals surface area contributed by atoms with Crippen molar-refractivity contribution in [2.45, 2.75) is 32.7 Å². The van der Waals surface area contributed by atoms with Crippen LogP contribution in [0, 0.1) is 35.2 Å². The van der Waals surface area contributed by atoms with E-state index in [4.69, 9.17) is 14.2 Å². The Morgan fingerprint density at radius 1 is 1.00 bits per heavy atom. The lowest BCUT2D eigenvalue weighted by Gasteiger charge is -2.29. The van der Waals surface area contributed by atoms with Gasteiger partial charge in [0.25, 0.3) is 0 Å². The van der Waals surface area contributed by atoms with Gasteiger partial charge in [-0.1, -0.05) is 31.3 Å². The lowest BCUT2D eigenvalue weighted by atomic mass is 10.0. The van der Waals surface area contributed by atoms with Gasteiger partial charge in [-0.3, -0.25) is 0 Å². The molecule has 0 aliphatic carbocycles. The summed E-state index contributed by atoms with van der Waals surface area (Å²) in [6.07, 6.45) is 1.21. The molecule has 0 saturated carbocycles. The molecule has 0 amide bonds. The fourth-order valence-corrected chi connectivity index (χ4v) is 3.19. The van der Waals surface area contributed by atoms with E-state index in [1.165, 1.54) is 31.4 Å². The van der Waals surface area contributed by atoms with Gasteiger partial charge in [-0.2, -0.15) is 0 Å². The van der Waals surface area contributed by atoms with Crippen LogP contribution >= 0.6 is 0 Å². The maximum Gasteiger partial charge on any atom is 0.184 e. The SMILES string of the molecule is CCCC1COC(c2cc(F)c(C#Cc3ccc(COC)c(F)c3)c(F)c2)OC1. The number of hydrogen-bond donors (Lipinski definition) is 0. The summed E-state index contributed by atoms with van der Waals surface area (Å²) in [5.41, 5.74) is 0.588. The highest BCUT2D eigenvalue weighted by molar-refractivity contribution is 5.46. The predicted octanol–water partition coefficient (Wildman–Crippen LogP) is 5.11. The van der Waals surface area contributed by atoms with Crippen LogP contribution in [0.1, 0.15) is 48.3 Å². The third kappa shape index (κ3) is 5.39. The van der Waals surface area contributed by atoms with Crippen LogP contribution in [0.5, 0.6) is 0 Å². The summed E-state index contributed by atoms with van der Waals surface area (Å²) < 4.78 is 59.0. The molecule has 1 aliphatic heterocycles. The van der Waals surface area contributed by atoms with E-state index in [-0.39, 0.29) is 17.7 Å². The summed E-state index contributed by atoms with van der Waals surface area (Å²) in [6, 6.07) is 6.65. The van der Waals surface area contributed by atoms with E-state index in [2.05, 4.69) is 18.8 Å². The van der Waals surface area contributed by atoms with E-state index in [0.717, 1.165) is 12.8 Å². The Labute approximate surface area is 168 Å². The average Bonchev–Trinajstić information content (AvgIpc) is 2.70. The molecule has 0 aromatic heterocycles. The summed E-state index contributed by atoms with van der Waals surface area (Å²) in [4.78, 5) is 0. The number of rotatable bonds is 5. The Bertz CT molecular complexity index is 886. The summed E-state index contributed by atoms with van der Waals surface area (Å²) in [5.74, 6) is 3.24. The van der Waals surface area contributed by atoms with Gasteiger partial charge in [0.15, 0.2) is 6.29 Å². The first-order chi connectivity index (χ1) is 14.0. The quantitative estimate of drug-likeness (QED) is 0.648. The second-order valence-corrected chi connectivity index (χ2v) is 7.00. The number of methoxy groups -OCH3 is 1. The lowest BCUT2D eigenvalue weighted by Crippen LogP contribution is -2.27. The summed E-state index contributed by atoms with van der Waals surface area (Å²) in [7, 11) is 1.47. The third-order valence-electron chi connectivity index (χ3n) is 4.68. The third-order valence-corrected chi connectivity index (χ3v) is 4.68. The molecule has 154 valence electrons. The molecule has 0 unspecified atom stereocenters. The van der Waals surface area contributed by atoms with Crippen molar-refractivity contribution in [1.82, 2.24) is 0 Å². The molecule has 1 fully saturated rings. The summed E-state index contributed by atoms with van der Waals surface area (Å²) in [5, 5.41) is 0. The van der Waals surface area contributed by atoms with Gasteiger partial charge >= 0.3 is 0 Å². The van der Waals surface area contributed by atoms with Gasteiger partial charge in [-0.25, -0.2) is 13.2 Å². The molecular formula is C23H23F3O3. The first-order valence-corrected chi connectivity index (χ1v) is 9.53. The molecule has 0 atom stereocenters. The van der Waals surface area contributed by atoms with E-state index in [9.17, 15) is 13.2 Å². The molecule has 0 radical (unpaired) electrons. The van der Waals surface area contributed by atoms with Crippen LogP contribution in [0.4, 0.5) is 13.2 Å². The van der Waals surface area contributed by atoms with Crippen molar-refractivity contribution < 1.29 is 27.4 Å². The average molecular weight is 404 g/mol. The zero-order chi connectivity index (χ0) is 20.8. The largest absolute Gasteiger partial charge is 0.380 e. The van der Waals surface area contributed by atoms with Gasteiger partial charge in [0.1, 0.15) is 17.5 Å². The minimum atomic E-state index is -0.813. The molecule has 29 heavy (non-hydrogen) atoms. The molecule has 3 rings (SSSR count). The van der Waals surface area contributed by atoms with Crippen LogP contribution in [-0.2, 0) is 20.8 Å². The second-order valence-electron chi connectivity index (χ2n) is 7.00. The van der Waals surface area contributed by atoms with Crippen LogP contribution in [0.15, 0.2) is 30.3 Å². The van der Waals surface area contributed by atoms with E-state index in [1.54, 1.807) is 6.07 Å². The molecule has 3 nitrogen and oxygen atoms in total. The molecular weight excluding hydrogens is 381 g/mol. The topological polar surface area (TPSA) is 27.7 Å². The van der Waals surface area contributed by atoms with Gasteiger partial charge in [0.2, 0.25) is 0 Å². The molecule has 1 heterocycles. The van der Waals surface area contributed by atoms with Crippen molar-refractivity contribution in [3.8, 4) is 11.8 Å². The highest BCUT2D eigenvalue weighted by Crippen LogP contribution is 2.29. The minimum absolute atomic E-state index is 0.134. The van der Waals surface area contributed by atoms with Crippen LogP contribution in [0.3, 0.4) is 0 Å². The van der Waals surface area contributed by atoms with E-state index >= 15 is 0 Å². The van der Waals surface area contributed by atoms with Crippen LogP contribution < -0.4 is 0 Å². The standard InChI is InChI=1S/C23H23F3O3/c1-3-4-16-12-28-23(29-13-16)18-10-21(25)19(22(26)11-18)8-6-15-5-7-17(14-27-2)20(24)9-15/h5,7,9-11,16,23H,3-4,12-14H2,1-2H3. The maximum absolute atomic E-state index is 14.5. The maximum atomic E-state index is 14.5. The first kappa shape index (κ1) is 21.4. The zero-order valence-electron chi connectivity index (χ0n) is 16.4. The Balaban J connectivity index is 1.76. The smallest absolute Gasteiger partial charge is 0.184 e. The lowest BCUT2D eigenvalue weighted by molar-refractivity contribution is -0.206. The Morgan fingerprint density at radius 3 is 2.28 bits per heavy atom. The number of halogens is 3. The molecule has 1 aliphatic rings. The minimum Gasteiger partial charge on any atom is -0.380 e. The normalized spacial score (nSPS) is 18.9. The summed E-state index contributed by atoms with van der Waals surface area (Å²) in [6.45, 7) is 3.20. The van der Waals surface area contributed by atoms with Crippen LogP contribution in [0.2, 0.25) is 0 Å². The number of benzene rings is 2. The van der Waals surface area contributed by atoms with E-state index in [0.29, 0.717) is 30.3 Å². The van der Waals surface area contributed by atoms with E-state index < -0.39 is 23.7 Å². The summed E-state index contributed by atoms with van der Waals surface area (Å²) >= 11 is 0. The number of ether oxygens (including phenoxy) is 3. The highest BCUT2D eigenvalue weighted by atomic mass is 19.1. The van der Waals surface area contributed by atoms with Crippen molar-refractivity contribution in [1.29, 1.82) is 0 Å². The van der Waals surface area contributed by atoms with E-state index in [1.807, 2.05) is 0 Å².